The fourth-order valence-electron chi connectivity index (χ4n) is 2.31. The first-order chi connectivity index (χ1) is 10.6. The maximum atomic E-state index is 12.3. The van der Waals surface area contributed by atoms with E-state index in [-0.39, 0.29) is 0 Å². The van der Waals surface area contributed by atoms with Crippen molar-refractivity contribution < 1.29 is 13.9 Å². The lowest BCUT2D eigenvalue weighted by Gasteiger charge is -2.11. The van der Waals surface area contributed by atoms with Gasteiger partial charge in [0.25, 0.3) is 0 Å². The molecule has 22 heavy (non-hydrogen) atoms. The molecule has 0 unspecified atom stereocenters. The third kappa shape index (κ3) is 2.48. The second-order valence-corrected chi connectivity index (χ2v) is 5.53. The second-order valence-electron chi connectivity index (χ2n) is 4.67. The molecule has 0 saturated carbocycles. The molecule has 1 aromatic heterocycles. The van der Waals surface area contributed by atoms with Crippen LogP contribution in [0, 0.1) is 0 Å². The third-order valence-electron chi connectivity index (χ3n) is 3.40. The third-order valence-corrected chi connectivity index (χ3v) is 4.06. The average Bonchev–Trinajstić information content (AvgIpc) is 2.54. The van der Waals surface area contributed by atoms with E-state index in [9.17, 15) is 4.79 Å². The van der Waals surface area contributed by atoms with Gasteiger partial charge in [0.1, 0.15) is 5.58 Å². The molecule has 2 aromatic carbocycles. The smallest absolute Gasteiger partial charge is 0.344 e. The van der Waals surface area contributed by atoms with Crippen molar-refractivity contribution in [3.8, 4) is 22.6 Å². The van der Waals surface area contributed by atoms with Crippen LogP contribution in [-0.2, 0) is 0 Å². The van der Waals surface area contributed by atoms with Gasteiger partial charge in [0.15, 0.2) is 11.5 Å². The molecule has 0 bridgehead atoms. The van der Waals surface area contributed by atoms with Crippen molar-refractivity contribution in [3.05, 3.63) is 57.4 Å². The summed E-state index contributed by atoms with van der Waals surface area (Å²) < 4.78 is 16.7. The number of benzene rings is 2. The number of fused-ring (bicyclic) bond motifs is 1. The van der Waals surface area contributed by atoms with Gasteiger partial charge in [-0.3, -0.25) is 0 Å². The number of ether oxygens (including phenoxy) is 2. The van der Waals surface area contributed by atoms with Crippen molar-refractivity contribution in [1.29, 1.82) is 0 Å². The van der Waals surface area contributed by atoms with Gasteiger partial charge in [-0.05, 0) is 24.3 Å². The first kappa shape index (κ1) is 14.7. The minimum absolute atomic E-state index is 0.397. The van der Waals surface area contributed by atoms with Crippen LogP contribution in [0.1, 0.15) is 0 Å². The van der Waals surface area contributed by atoms with Gasteiger partial charge in [-0.15, -0.1) is 0 Å². The Morgan fingerprint density at radius 3 is 2.36 bits per heavy atom. The first-order valence-electron chi connectivity index (χ1n) is 6.59. The van der Waals surface area contributed by atoms with E-state index in [1.807, 2.05) is 24.3 Å². The highest BCUT2D eigenvalue weighted by molar-refractivity contribution is 9.10. The molecular formula is C17H13BrO4. The van der Waals surface area contributed by atoms with Crippen LogP contribution >= 0.6 is 15.9 Å². The van der Waals surface area contributed by atoms with Gasteiger partial charge in [-0.25, -0.2) is 4.79 Å². The molecule has 0 aliphatic carbocycles. The lowest BCUT2D eigenvalue weighted by molar-refractivity contribution is 0.355. The molecule has 0 aliphatic rings. The number of halogens is 1. The van der Waals surface area contributed by atoms with Crippen LogP contribution in [0.25, 0.3) is 22.1 Å². The standard InChI is InChI=1S/C17H13BrO4/c1-20-15-8-11(13(18)9-16(15)21-2)12-7-10-5-3-4-6-14(10)22-17(12)19/h3-9H,1-2H3. The number of methoxy groups -OCH3 is 2. The highest BCUT2D eigenvalue weighted by Gasteiger charge is 2.15. The highest BCUT2D eigenvalue weighted by atomic mass is 79.9. The summed E-state index contributed by atoms with van der Waals surface area (Å²) in [5.74, 6) is 1.14. The molecule has 0 atom stereocenters. The molecule has 0 amide bonds. The van der Waals surface area contributed by atoms with E-state index in [0.29, 0.717) is 28.2 Å². The molecule has 5 heteroatoms. The Labute approximate surface area is 135 Å². The summed E-state index contributed by atoms with van der Waals surface area (Å²) in [4.78, 5) is 12.3. The van der Waals surface area contributed by atoms with Crippen LogP contribution in [-0.4, -0.2) is 14.2 Å². The van der Waals surface area contributed by atoms with Crippen LogP contribution < -0.4 is 15.1 Å². The van der Waals surface area contributed by atoms with E-state index >= 15 is 0 Å². The molecule has 0 N–H and O–H groups in total. The predicted octanol–water partition coefficient (Wildman–Crippen LogP) is 4.24. The normalized spacial score (nSPS) is 10.7. The van der Waals surface area contributed by atoms with E-state index in [2.05, 4.69) is 15.9 Å². The van der Waals surface area contributed by atoms with E-state index in [1.165, 1.54) is 0 Å². The predicted molar refractivity (Wildman–Crippen MR) is 88.7 cm³/mol. The van der Waals surface area contributed by atoms with Crippen LogP contribution in [0.15, 0.2) is 56.1 Å². The molecule has 1 heterocycles. The maximum absolute atomic E-state index is 12.3. The van der Waals surface area contributed by atoms with Gasteiger partial charge in [0, 0.05) is 15.4 Å². The quantitative estimate of drug-likeness (QED) is 0.655. The maximum Gasteiger partial charge on any atom is 0.344 e. The zero-order valence-corrected chi connectivity index (χ0v) is 13.6. The van der Waals surface area contributed by atoms with Crippen molar-refractivity contribution >= 4 is 26.9 Å². The van der Waals surface area contributed by atoms with Crippen LogP contribution in [0.2, 0.25) is 0 Å². The number of para-hydroxylation sites is 1. The molecule has 4 nitrogen and oxygen atoms in total. The summed E-state index contributed by atoms with van der Waals surface area (Å²) in [5, 5.41) is 0.860. The van der Waals surface area contributed by atoms with Gasteiger partial charge >= 0.3 is 5.63 Å². The summed E-state index contributed by atoms with van der Waals surface area (Å²) >= 11 is 3.47. The molecule has 0 aliphatic heterocycles. The monoisotopic (exact) mass is 360 g/mol. The van der Waals surface area contributed by atoms with Crippen molar-refractivity contribution in [3.63, 3.8) is 0 Å². The number of hydrogen-bond donors (Lipinski definition) is 0. The Morgan fingerprint density at radius 2 is 1.64 bits per heavy atom. The summed E-state index contributed by atoms with van der Waals surface area (Å²) in [5.41, 5.74) is 1.32. The van der Waals surface area contributed by atoms with E-state index < -0.39 is 5.63 Å². The minimum Gasteiger partial charge on any atom is -0.493 e. The van der Waals surface area contributed by atoms with Gasteiger partial charge in [0.05, 0.1) is 19.8 Å². The lowest BCUT2D eigenvalue weighted by Crippen LogP contribution is -2.03. The summed E-state index contributed by atoms with van der Waals surface area (Å²) in [6.07, 6.45) is 0. The Balaban J connectivity index is 2.27. The molecular weight excluding hydrogens is 348 g/mol. The van der Waals surface area contributed by atoms with Gasteiger partial charge in [0.2, 0.25) is 0 Å². The Hall–Kier alpha value is -2.27. The zero-order valence-electron chi connectivity index (χ0n) is 12.1. The average molecular weight is 361 g/mol. The van der Waals surface area contributed by atoms with Crippen molar-refractivity contribution in [1.82, 2.24) is 0 Å². The summed E-state index contributed by atoms with van der Waals surface area (Å²) in [6.45, 7) is 0. The van der Waals surface area contributed by atoms with E-state index in [4.69, 9.17) is 13.9 Å². The number of hydrogen-bond acceptors (Lipinski definition) is 4. The zero-order chi connectivity index (χ0) is 15.7. The highest BCUT2D eigenvalue weighted by Crippen LogP contribution is 2.38. The van der Waals surface area contributed by atoms with Crippen LogP contribution in [0.5, 0.6) is 11.5 Å². The first-order valence-corrected chi connectivity index (χ1v) is 7.38. The van der Waals surface area contributed by atoms with Crippen molar-refractivity contribution in [2.45, 2.75) is 0 Å². The molecule has 3 aromatic rings. The van der Waals surface area contributed by atoms with Gasteiger partial charge < -0.3 is 13.9 Å². The Bertz CT molecular complexity index is 899. The molecule has 112 valence electrons. The molecule has 0 radical (unpaired) electrons. The topological polar surface area (TPSA) is 48.7 Å². The van der Waals surface area contributed by atoms with Crippen LogP contribution in [0.3, 0.4) is 0 Å². The minimum atomic E-state index is -0.397. The van der Waals surface area contributed by atoms with E-state index in [0.717, 1.165) is 9.86 Å². The van der Waals surface area contributed by atoms with Crippen LogP contribution in [0.4, 0.5) is 0 Å². The molecule has 0 spiro atoms. The summed E-state index contributed by atoms with van der Waals surface area (Å²) in [6, 6.07) is 12.7. The molecule has 0 saturated heterocycles. The van der Waals surface area contributed by atoms with E-state index in [1.54, 1.807) is 32.4 Å². The Kier molecular flexibility index (Phi) is 3.90. The summed E-state index contributed by atoms with van der Waals surface area (Å²) in [7, 11) is 3.12. The fourth-order valence-corrected chi connectivity index (χ4v) is 2.85. The fraction of sp³-hybridized carbons (Fsp3) is 0.118. The molecule has 3 rings (SSSR count). The van der Waals surface area contributed by atoms with Gasteiger partial charge in [-0.1, -0.05) is 34.1 Å². The second kappa shape index (κ2) is 5.85. The van der Waals surface area contributed by atoms with Gasteiger partial charge in [-0.2, -0.15) is 0 Å². The number of rotatable bonds is 3. The Morgan fingerprint density at radius 1 is 0.955 bits per heavy atom. The lowest BCUT2D eigenvalue weighted by atomic mass is 10.1. The largest absolute Gasteiger partial charge is 0.493 e. The SMILES string of the molecule is COc1cc(Br)c(-c2cc3ccccc3oc2=O)cc1OC. The van der Waals surface area contributed by atoms with Crippen molar-refractivity contribution in [2.24, 2.45) is 0 Å². The molecule has 0 fully saturated rings. The van der Waals surface area contributed by atoms with Crippen molar-refractivity contribution in [2.75, 3.05) is 14.2 Å².